The molecule has 0 spiro atoms. The molecule has 19 heavy (non-hydrogen) atoms. The lowest BCUT2D eigenvalue weighted by Gasteiger charge is -2.33. The molecule has 2 unspecified atom stereocenters. The van der Waals surface area contributed by atoms with Crippen LogP contribution in [0.5, 0.6) is 0 Å². The molecule has 1 heterocycles. The standard InChI is InChI=1S/C12H22N2O4S/c1-9(8-19(2,16)17)14(10-3-4-10)12(15)11-7-13-5-6-18-11/h9-11,13H,3-8H2,1-2H3. The summed E-state index contributed by atoms with van der Waals surface area (Å²) in [6, 6.07) is -0.102. The Morgan fingerprint density at radius 2 is 2.16 bits per heavy atom. The van der Waals surface area contributed by atoms with E-state index in [1.54, 1.807) is 11.8 Å². The number of morpholine rings is 1. The van der Waals surface area contributed by atoms with Crippen LogP contribution >= 0.6 is 0 Å². The summed E-state index contributed by atoms with van der Waals surface area (Å²) < 4.78 is 28.3. The molecule has 2 rings (SSSR count). The lowest BCUT2D eigenvalue weighted by atomic mass is 10.2. The molecule has 1 saturated carbocycles. The van der Waals surface area contributed by atoms with Gasteiger partial charge in [-0.15, -0.1) is 0 Å². The van der Waals surface area contributed by atoms with Gasteiger partial charge in [-0.1, -0.05) is 0 Å². The number of carbonyl (C=O) groups is 1. The van der Waals surface area contributed by atoms with Crippen molar-refractivity contribution in [2.75, 3.05) is 31.7 Å². The van der Waals surface area contributed by atoms with E-state index in [1.165, 1.54) is 6.26 Å². The predicted molar refractivity (Wildman–Crippen MR) is 71.7 cm³/mol. The van der Waals surface area contributed by atoms with Crippen LogP contribution in [-0.2, 0) is 19.4 Å². The average Bonchev–Trinajstić information content (AvgIpc) is 3.12. The van der Waals surface area contributed by atoms with Crippen molar-refractivity contribution in [3.8, 4) is 0 Å². The van der Waals surface area contributed by atoms with Crippen LogP contribution in [0, 0.1) is 0 Å². The predicted octanol–water partition coefficient (Wildman–Crippen LogP) is -0.601. The summed E-state index contributed by atoms with van der Waals surface area (Å²) in [6.45, 7) is 3.59. The monoisotopic (exact) mass is 290 g/mol. The van der Waals surface area contributed by atoms with E-state index in [4.69, 9.17) is 4.74 Å². The highest BCUT2D eigenvalue weighted by Crippen LogP contribution is 2.30. The number of ether oxygens (including phenoxy) is 1. The molecule has 0 aromatic carbocycles. The minimum Gasteiger partial charge on any atom is -0.366 e. The van der Waals surface area contributed by atoms with Crippen molar-refractivity contribution < 1.29 is 17.9 Å². The number of hydrogen-bond acceptors (Lipinski definition) is 5. The highest BCUT2D eigenvalue weighted by molar-refractivity contribution is 7.90. The van der Waals surface area contributed by atoms with Crippen molar-refractivity contribution in [2.45, 2.75) is 38.0 Å². The SMILES string of the molecule is CC(CS(C)(=O)=O)N(C(=O)C1CNCCO1)C1CC1. The van der Waals surface area contributed by atoms with E-state index < -0.39 is 15.9 Å². The Hall–Kier alpha value is -0.660. The summed E-state index contributed by atoms with van der Waals surface area (Å²) >= 11 is 0. The zero-order valence-corrected chi connectivity index (χ0v) is 12.3. The molecule has 1 aliphatic heterocycles. The van der Waals surface area contributed by atoms with Crippen LogP contribution in [0.4, 0.5) is 0 Å². The highest BCUT2D eigenvalue weighted by atomic mass is 32.2. The van der Waals surface area contributed by atoms with E-state index >= 15 is 0 Å². The molecule has 1 N–H and O–H groups in total. The maximum absolute atomic E-state index is 12.5. The van der Waals surface area contributed by atoms with Gasteiger partial charge in [0.2, 0.25) is 0 Å². The summed E-state index contributed by atoms with van der Waals surface area (Å²) in [5.41, 5.74) is 0. The molecule has 1 aliphatic carbocycles. The molecule has 2 fully saturated rings. The van der Waals surface area contributed by atoms with Gasteiger partial charge in [0.25, 0.3) is 5.91 Å². The van der Waals surface area contributed by atoms with E-state index in [0.717, 1.165) is 19.4 Å². The zero-order chi connectivity index (χ0) is 14.0. The minimum absolute atomic E-state index is 0.00931. The van der Waals surface area contributed by atoms with Crippen LogP contribution in [0.15, 0.2) is 0 Å². The van der Waals surface area contributed by atoms with Gasteiger partial charge in [0.1, 0.15) is 15.9 Å². The number of rotatable bonds is 5. The third-order valence-electron chi connectivity index (χ3n) is 3.42. The van der Waals surface area contributed by atoms with E-state index in [9.17, 15) is 13.2 Å². The number of hydrogen-bond donors (Lipinski definition) is 1. The average molecular weight is 290 g/mol. The Labute approximate surface area is 114 Å². The first-order valence-electron chi connectivity index (χ1n) is 6.70. The van der Waals surface area contributed by atoms with E-state index in [0.29, 0.717) is 13.2 Å². The molecular formula is C12H22N2O4S. The van der Waals surface area contributed by atoms with Gasteiger partial charge in [-0.25, -0.2) is 8.42 Å². The maximum Gasteiger partial charge on any atom is 0.253 e. The fourth-order valence-electron chi connectivity index (χ4n) is 2.52. The number of sulfone groups is 1. The Balaban J connectivity index is 2.04. The maximum atomic E-state index is 12.5. The number of nitrogens with zero attached hydrogens (tertiary/aromatic N) is 1. The third-order valence-corrected chi connectivity index (χ3v) is 4.50. The second kappa shape index (κ2) is 5.76. The molecule has 110 valence electrons. The van der Waals surface area contributed by atoms with Crippen molar-refractivity contribution >= 4 is 15.7 Å². The van der Waals surface area contributed by atoms with Gasteiger partial charge in [0, 0.05) is 31.4 Å². The molecule has 7 heteroatoms. The van der Waals surface area contributed by atoms with Gasteiger partial charge in [0.05, 0.1) is 12.4 Å². The summed E-state index contributed by atoms with van der Waals surface area (Å²) in [5.74, 6) is -0.0686. The normalized spacial score (nSPS) is 25.9. The molecule has 1 amide bonds. The molecule has 2 atom stereocenters. The van der Waals surface area contributed by atoms with Crippen LogP contribution in [0.1, 0.15) is 19.8 Å². The van der Waals surface area contributed by atoms with Crippen molar-refractivity contribution in [2.24, 2.45) is 0 Å². The van der Waals surface area contributed by atoms with Crippen molar-refractivity contribution in [1.29, 1.82) is 0 Å². The molecule has 1 saturated heterocycles. The van der Waals surface area contributed by atoms with Crippen LogP contribution in [0.2, 0.25) is 0 Å². The Morgan fingerprint density at radius 1 is 1.47 bits per heavy atom. The van der Waals surface area contributed by atoms with Gasteiger partial charge < -0.3 is 15.0 Å². The first-order chi connectivity index (χ1) is 8.88. The van der Waals surface area contributed by atoms with Gasteiger partial charge >= 0.3 is 0 Å². The smallest absolute Gasteiger partial charge is 0.253 e. The van der Waals surface area contributed by atoms with Crippen LogP contribution in [0.3, 0.4) is 0 Å². The fraction of sp³-hybridized carbons (Fsp3) is 0.917. The van der Waals surface area contributed by atoms with E-state index in [2.05, 4.69) is 5.32 Å². The molecule has 2 aliphatic rings. The summed E-state index contributed by atoms with van der Waals surface area (Å²) in [5, 5.41) is 3.13. The van der Waals surface area contributed by atoms with Gasteiger partial charge in [0.15, 0.2) is 0 Å². The minimum atomic E-state index is -3.09. The van der Waals surface area contributed by atoms with Crippen LogP contribution < -0.4 is 5.32 Å². The zero-order valence-electron chi connectivity index (χ0n) is 11.5. The Bertz CT molecular complexity index is 427. The second-order valence-electron chi connectivity index (χ2n) is 5.48. The highest BCUT2D eigenvalue weighted by Gasteiger charge is 2.40. The first kappa shape index (κ1) is 14.7. The van der Waals surface area contributed by atoms with Crippen molar-refractivity contribution in [3.63, 3.8) is 0 Å². The molecule has 0 aromatic rings. The topological polar surface area (TPSA) is 75.7 Å². The molecule has 6 nitrogen and oxygen atoms in total. The summed E-state index contributed by atoms with van der Waals surface area (Å²) in [4.78, 5) is 14.2. The Morgan fingerprint density at radius 3 is 2.63 bits per heavy atom. The third kappa shape index (κ3) is 4.15. The molecule has 0 radical (unpaired) electrons. The number of amides is 1. The quantitative estimate of drug-likeness (QED) is 0.732. The van der Waals surface area contributed by atoms with Crippen molar-refractivity contribution in [1.82, 2.24) is 10.2 Å². The number of carbonyl (C=O) groups excluding carboxylic acids is 1. The largest absolute Gasteiger partial charge is 0.366 e. The fourth-order valence-corrected chi connectivity index (χ4v) is 3.56. The van der Waals surface area contributed by atoms with E-state index in [1.807, 2.05) is 0 Å². The molecular weight excluding hydrogens is 268 g/mol. The molecule has 0 bridgehead atoms. The van der Waals surface area contributed by atoms with Gasteiger partial charge in [-0.2, -0.15) is 0 Å². The van der Waals surface area contributed by atoms with Crippen LogP contribution in [-0.4, -0.2) is 69.1 Å². The number of nitrogens with one attached hydrogen (secondary N) is 1. The van der Waals surface area contributed by atoms with Gasteiger partial charge in [-0.05, 0) is 19.8 Å². The van der Waals surface area contributed by atoms with Crippen molar-refractivity contribution in [3.05, 3.63) is 0 Å². The van der Waals surface area contributed by atoms with Gasteiger partial charge in [-0.3, -0.25) is 4.79 Å². The lowest BCUT2D eigenvalue weighted by molar-refractivity contribution is -0.147. The second-order valence-corrected chi connectivity index (χ2v) is 7.67. The lowest BCUT2D eigenvalue weighted by Crippen LogP contribution is -2.53. The summed E-state index contributed by atoms with van der Waals surface area (Å²) in [6.07, 6.45) is 2.65. The summed E-state index contributed by atoms with van der Waals surface area (Å²) in [7, 11) is -3.09. The van der Waals surface area contributed by atoms with E-state index in [-0.39, 0.29) is 23.7 Å². The first-order valence-corrected chi connectivity index (χ1v) is 8.77. The Kier molecular flexibility index (Phi) is 4.47. The van der Waals surface area contributed by atoms with Crippen LogP contribution in [0.25, 0.3) is 0 Å². The molecule has 0 aromatic heterocycles.